The second-order valence-corrected chi connectivity index (χ2v) is 7.39. The van der Waals surface area contributed by atoms with Crippen LogP contribution in [-0.2, 0) is 0 Å². The van der Waals surface area contributed by atoms with Gasteiger partial charge in [0.1, 0.15) is 0 Å². The van der Waals surface area contributed by atoms with E-state index in [-0.39, 0.29) is 0 Å². The lowest BCUT2D eigenvalue weighted by atomic mass is 10.0. The van der Waals surface area contributed by atoms with Gasteiger partial charge in [-0.1, -0.05) is 90.5 Å². The fourth-order valence-electron chi connectivity index (χ4n) is 3.79. The Balaban J connectivity index is 0.000000222. The summed E-state index contributed by atoms with van der Waals surface area (Å²) in [6.45, 7) is 2.08. The van der Waals surface area contributed by atoms with Crippen LogP contribution in [-0.4, -0.2) is 4.98 Å². The molecule has 1 aromatic heterocycles. The van der Waals surface area contributed by atoms with E-state index in [0.29, 0.717) is 0 Å². The van der Waals surface area contributed by atoms with Crippen LogP contribution in [0.5, 0.6) is 0 Å². The third-order valence-corrected chi connectivity index (χ3v) is 5.31. The Morgan fingerprint density at radius 3 is 1.79 bits per heavy atom. The van der Waals surface area contributed by atoms with Crippen LogP contribution in [0.4, 0.5) is 0 Å². The van der Waals surface area contributed by atoms with Gasteiger partial charge in [-0.3, -0.25) is 0 Å². The fourth-order valence-corrected chi connectivity index (χ4v) is 3.79. The molecule has 0 radical (unpaired) electrons. The van der Waals surface area contributed by atoms with Crippen molar-refractivity contribution in [3.63, 3.8) is 0 Å². The summed E-state index contributed by atoms with van der Waals surface area (Å²) in [6, 6.07) is 38.2. The van der Waals surface area contributed by atoms with Crippen molar-refractivity contribution in [3.8, 4) is 0 Å². The zero-order valence-electron chi connectivity index (χ0n) is 16.3. The summed E-state index contributed by atoms with van der Waals surface area (Å²) in [7, 11) is 0. The molecule has 29 heavy (non-hydrogen) atoms. The van der Waals surface area contributed by atoms with Crippen LogP contribution in [0, 0.1) is 6.92 Å². The first-order valence-corrected chi connectivity index (χ1v) is 9.91. The van der Waals surface area contributed by atoms with Crippen LogP contribution in [0.1, 0.15) is 5.56 Å². The molecule has 1 nitrogen and oxygen atoms in total. The average molecular weight is 371 g/mol. The Bertz CT molecular complexity index is 1350. The molecular formula is C28H21N. The first-order chi connectivity index (χ1) is 14.3. The SMILES string of the molecule is Cc1ccccc1.c1ccc2cc3c(ccc4cc5ccccc5nc43)cc2c1. The van der Waals surface area contributed by atoms with Crippen LogP contribution in [0.2, 0.25) is 0 Å². The van der Waals surface area contributed by atoms with Crippen molar-refractivity contribution >= 4 is 43.4 Å². The van der Waals surface area contributed by atoms with Gasteiger partial charge in [0.2, 0.25) is 0 Å². The lowest BCUT2D eigenvalue weighted by Crippen LogP contribution is -1.85. The summed E-state index contributed by atoms with van der Waals surface area (Å²) in [5, 5.41) is 7.39. The summed E-state index contributed by atoms with van der Waals surface area (Å²) in [6.07, 6.45) is 0. The molecule has 0 aliphatic carbocycles. The molecular weight excluding hydrogens is 350 g/mol. The van der Waals surface area contributed by atoms with Gasteiger partial charge in [0, 0.05) is 16.2 Å². The highest BCUT2D eigenvalue weighted by Gasteiger charge is 2.05. The minimum atomic E-state index is 1.05. The van der Waals surface area contributed by atoms with Crippen LogP contribution >= 0.6 is 0 Å². The number of aromatic nitrogens is 1. The van der Waals surface area contributed by atoms with Crippen molar-refractivity contribution in [2.45, 2.75) is 6.92 Å². The first kappa shape index (κ1) is 17.4. The molecule has 0 N–H and O–H groups in total. The Labute approximate surface area is 170 Å². The molecule has 138 valence electrons. The highest BCUT2D eigenvalue weighted by atomic mass is 14.7. The highest BCUT2D eigenvalue weighted by molar-refractivity contribution is 6.12. The second kappa shape index (κ2) is 7.37. The molecule has 0 spiro atoms. The Morgan fingerprint density at radius 1 is 0.483 bits per heavy atom. The third-order valence-electron chi connectivity index (χ3n) is 5.31. The normalized spacial score (nSPS) is 10.9. The number of aryl methyl sites for hydroxylation is 1. The predicted octanol–water partition coefficient (Wildman–Crippen LogP) is 7.69. The third kappa shape index (κ3) is 3.43. The quantitative estimate of drug-likeness (QED) is 0.197. The van der Waals surface area contributed by atoms with Gasteiger partial charge in [0.05, 0.1) is 11.0 Å². The van der Waals surface area contributed by atoms with Gasteiger partial charge >= 0.3 is 0 Å². The molecule has 0 bridgehead atoms. The maximum Gasteiger partial charge on any atom is 0.0788 e. The second-order valence-electron chi connectivity index (χ2n) is 7.39. The molecule has 0 aliphatic rings. The standard InChI is InChI=1S/C21H13N.C7H8/c1-2-6-15-13-19-16(11-14(15)5-1)9-10-18-12-17-7-3-4-8-20(17)22-21(18)19;1-7-5-3-2-4-6-7/h1-13H;2-6H,1H3. The minimum Gasteiger partial charge on any atom is -0.247 e. The minimum absolute atomic E-state index is 1.05. The molecule has 0 aliphatic heterocycles. The lowest BCUT2D eigenvalue weighted by molar-refractivity contribution is 1.48. The molecule has 0 atom stereocenters. The molecule has 6 rings (SSSR count). The largest absolute Gasteiger partial charge is 0.247 e. The maximum atomic E-state index is 4.91. The first-order valence-electron chi connectivity index (χ1n) is 9.91. The fraction of sp³-hybridized carbons (Fsp3) is 0.0357. The van der Waals surface area contributed by atoms with Crippen molar-refractivity contribution in [1.82, 2.24) is 4.98 Å². The molecule has 5 aromatic carbocycles. The number of hydrogen-bond acceptors (Lipinski definition) is 1. The van der Waals surface area contributed by atoms with Gasteiger partial charge < -0.3 is 0 Å². The molecule has 1 heteroatoms. The topological polar surface area (TPSA) is 12.9 Å². The number of fused-ring (bicyclic) bond motifs is 5. The van der Waals surface area contributed by atoms with Gasteiger partial charge in [-0.05, 0) is 47.3 Å². The summed E-state index contributed by atoms with van der Waals surface area (Å²) in [5.41, 5.74) is 3.46. The van der Waals surface area contributed by atoms with E-state index in [4.69, 9.17) is 4.98 Å². The molecule has 0 amide bonds. The van der Waals surface area contributed by atoms with Crippen LogP contribution in [0.15, 0.2) is 109 Å². The summed E-state index contributed by atoms with van der Waals surface area (Å²) in [5.74, 6) is 0. The van der Waals surface area contributed by atoms with E-state index in [1.54, 1.807) is 0 Å². The van der Waals surface area contributed by atoms with E-state index < -0.39 is 0 Å². The Morgan fingerprint density at radius 2 is 1.07 bits per heavy atom. The number of rotatable bonds is 0. The zero-order valence-corrected chi connectivity index (χ0v) is 16.3. The monoisotopic (exact) mass is 371 g/mol. The van der Waals surface area contributed by atoms with E-state index in [9.17, 15) is 0 Å². The van der Waals surface area contributed by atoms with Crippen molar-refractivity contribution < 1.29 is 0 Å². The number of benzene rings is 5. The number of nitrogens with zero attached hydrogens (tertiary/aromatic N) is 1. The Kier molecular flexibility index (Phi) is 4.42. The van der Waals surface area contributed by atoms with Gasteiger partial charge in [0.15, 0.2) is 0 Å². The molecule has 0 fully saturated rings. The number of para-hydroxylation sites is 1. The van der Waals surface area contributed by atoms with E-state index in [2.05, 4.69) is 91.9 Å². The van der Waals surface area contributed by atoms with Crippen molar-refractivity contribution in [2.75, 3.05) is 0 Å². The number of pyridine rings is 1. The van der Waals surface area contributed by atoms with Crippen molar-refractivity contribution in [1.29, 1.82) is 0 Å². The van der Waals surface area contributed by atoms with Crippen molar-refractivity contribution in [3.05, 3.63) is 115 Å². The maximum absolute atomic E-state index is 4.91. The van der Waals surface area contributed by atoms with Gasteiger partial charge in [-0.15, -0.1) is 0 Å². The summed E-state index contributed by atoms with van der Waals surface area (Å²) < 4.78 is 0. The highest BCUT2D eigenvalue weighted by Crippen LogP contribution is 2.30. The Hall–Kier alpha value is -3.71. The summed E-state index contributed by atoms with van der Waals surface area (Å²) in [4.78, 5) is 4.91. The van der Waals surface area contributed by atoms with E-state index >= 15 is 0 Å². The van der Waals surface area contributed by atoms with E-state index in [0.717, 1.165) is 11.0 Å². The van der Waals surface area contributed by atoms with Crippen LogP contribution in [0.3, 0.4) is 0 Å². The van der Waals surface area contributed by atoms with Gasteiger partial charge in [-0.25, -0.2) is 4.98 Å². The molecule has 1 heterocycles. The average Bonchev–Trinajstić information content (AvgIpc) is 2.77. The lowest BCUT2D eigenvalue weighted by Gasteiger charge is -2.07. The summed E-state index contributed by atoms with van der Waals surface area (Å²) >= 11 is 0. The van der Waals surface area contributed by atoms with E-state index in [1.807, 2.05) is 24.3 Å². The zero-order chi connectivity index (χ0) is 19.6. The smallest absolute Gasteiger partial charge is 0.0788 e. The molecule has 6 aromatic rings. The van der Waals surface area contributed by atoms with Crippen LogP contribution < -0.4 is 0 Å². The van der Waals surface area contributed by atoms with Gasteiger partial charge in [-0.2, -0.15) is 0 Å². The van der Waals surface area contributed by atoms with Crippen LogP contribution in [0.25, 0.3) is 43.4 Å². The molecule has 0 saturated heterocycles. The van der Waals surface area contributed by atoms with Crippen molar-refractivity contribution in [2.24, 2.45) is 0 Å². The van der Waals surface area contributed by atoms with Gasteiger partial charge in [0.25, 0.3) is 0 Å². The predicted molar refractivity (Wildman–Crippen MR) is 125 cm³/mol. The number of hydrogen-bond donors (Lipinski definition) is 0. The molecule has 0 saturated carbocycles. The van der Waals surface area contributed by atoms with E-state index in [1.165, 1.54) is 37.9 Å². The molecule has 0 unspecified atom stereocenters.